The minimum atomic E-state index is 0.0561. The van der Waals surface area contributed by atoms with E-state index < -0.39 is 0 Å². The number of hydrogen-bond donors (Lipinski definition) is 0. The van der Waals surface area contributed by atoms with E-state index in [4.69, 9.17) is 4.74 Å². The molecule has 0 atom stereocenters. The van der Waals surface area contributed by atoms with Crippen LogP contribution >= 0.6 is 0 Å². The fourth-order valence-corrected chi connectivity index (χ4v) is 2.25. The molecule has 0 unspecified atom stereocenters. The van der Waals surface area contributed by atoms with Crippen molar-refractivity contribution in [3.05, 3.63) is 64.7 Å². The van der Waals surface area contributed by atoms with Gasteiger partial charge in [0.1, 0.15) is 5.75 Å². The molecule has 2 aromatic carbocycles. The van der Waals surface area contributed by atoms with Crippen LogP contribution in [0.2, 0.25) is 0 Å². The number of carbonyl (C=O) groups excluding carboxylic acids is 1. The molecule has 0 aromatic heterocycles. The lowest BCUT2D eigenvalue weighted by molar-refractivity contribution is 0.0987. The van der Waals surface area contributed by atoms with Crippen molar-refractivity contribution in [2.75, 3.05) is 0 Å². The van der Waals surface area contributed by atoms with Gasteiger partial charge in [0, 0.05) is 6.42 Å². The molecular weight excluding hydrogens is 260 g/mol. The molecule has 0 radical (unpaired) electrons. The van der Waals surface area contributed by atoms with Gasteiger partial charge in [-0.2, -0.15) is 0 Å². The average Bonchev–Trinajstić information content (AvgIpc) is 2.43. The Morgan fingerprint density at radius 2 is 1.76 bits per heavy atom. The predicted octanol–water partition coefficient (Wildman–Crippen LogP) is 4.52. The standard InChI is InChI=1S/C19H22O2/c1-13(2)21-19-8-6-5-7-17(19)18(20)12-16-10-9-14(3)15(4)11-16/h5-11,13H,12H2,1-4H3. The summed E-state index contributed by atoms with van der Waals surface area (Å²) >= 11 is 0. The Balaban J connectivity index is 2.22. The van der Waals surface area contributed by atoms with E-state index in [2.05, 4.69) is 26.0 Å². The zero-order chi connectivity index (χ0) is 15.4. The quantitative estimate of drug-likeness (QED) is 0.754. The molecule has 0 fully saturated rings. The first-order valence-corrected chi connectivity index (χ1v) is 7.32. The van der Waals surface area contributed by atoms with Crippen molar-refractivity contribution in [1.82, 2.24) is 0 Å². The molecule has 0 amide bonds. The van der Waals surface area contributed by atoms with Gasteiger partial charge in [-0.15, -0.1) is 0 Å². The van der Waals surface area contributed by atoms with E-state index in [9.17, 15) is 4.79 Å². The van der Waals surface area contributed by atoms with Crippen LogP contribution in [0, 0.1) is 13.8 Å². The maximum Gasteiger partial charge on any atom is 0.170 e. The van der Waals surface area contributed by atoms with E-state index in [0.717, 1.165) is 5.56 Å². The van der Waals surface area contributed by atoms with Crippen molar-refractivity contribution in [2.45, 2.75) is 40.2 Å². The number of benzene rings is 2. The number of rotatable bonds is 5. The normalized spacial score (nSPS) is 10.7. The van der Waals surface area contributed by atoms with Crippen molar-refractivity contribution >= 4 is 5.78 Å². The maximum absolute atomic E-state index is 12.5. The number of ether oxygens (including phenoxy) is 1. The van der Waals surface area contributed by atoms with Gasteiger partial charge in [0.2, 0.25) is 0 Å². The molecule has 0 spiro atoms. The summed E-state index contributed by atoms with van der Waals surface area (Å²) < 4.78 is 5.73. The van der Waals surface area contributed by atoms with Gasteiger partial charge in [0.15, 0.2) is 5.78 Å². The summed E-state index contributed by atoms with van der Waals surface area (Å²) in [7, 11) is 0. The van der Waals surface area contributed by atoms with Crippen LogP contribution in [-0.2, 0) is 6.42 Å². The second-order valence-electron chi connectivity index (χ2n) is 5.68. The largest absolute Gasteiger partial charge is 0.490 e. The molecule has 110 valence electrons. The van der Waals surface area contributed by atoms with Gasteiger partial charge >= 0.3 is 0 Å². The summed E-state index contributed by atoms with van der Waals surface area (Å²) in [5.74, 6) is 0.760. The molecule has 0 saturated carbocycles. The van der Waals surface area contributed by atoms with Crippen LogP contribution in [-0.4, -0.2) is 11.9 Å². The zero-order valence-electron chi connectivity index (χ0n) is 13.1. The lowest BCUT2D eigenvalue weighted by Crippen LogP contribution is -2.11. The predicted molar refractivity (Wildman–Crippen MR) is 86.2 cm³/mol. The van der Waals surface area contributed by atoms with Gasteiger partial charge in [-0.25, -0.2) is 0 Å². The third-order valence-electron chi connectivity index (χ3n) is 3.49. The summed E-state index contributed by atoms with van der Waals surface area (Å²) in [5, 5.41) is 0. The monoisotopic (exact) mass is 282 g/mol. The van der Waals surface area contributed by atoms with Gasteiger partial charge in [-0.3, -0.25) is 4.79 Å². The molecule has 2 heteroatoms. The van der Waals surface area contributed by atoms with Gasteiger partial charge in [-0.05, 0) is 56.5 Å². The summed E-state index contributed by atoms with van der Waals surface area (Å²) in [6.45, 7) is 8.07. The SMILES string of the molecule is Cc1ccc(CC(=O)c2ccccc2OC(C)C)cc1C. The van der Waals surface area contributed by atoms with E-state index in [1.807, 2.05) is 44.2 Å². The Labute approximate surface area is 126 Å². The highest BCUT2D eigenvalue weighted by molar-refractivity contribution is 6.00. The average molecular weight is 282 g/mol. The number of aryl methyl sites for hydroxylation is 2. The van der Waals surface area contributed by atoms with E-state index in [0.29, 0.717) is 17.7 Å². The fourth-order valence-electron chi connectivity index (χ4n) is 2.25. The molecule has 21 heavy (non-hydrogen) atoms. The topological polar surface area (TPSA) is 26.3 Å². The molecule has 0 aliphatic carbocycles. The fraction of sp³-hybridized carbons (Fsp3) is 0.316. The van der Waals surface area contributed by atoms with Crippen LogP contribution < -0.4 is 4.74 Å². The molecular formula is C19H22O2. The van der Waals surface area contributed by atoms with Gasteiger partial charge in [0.25, 0.3) is 0 Å². The zero-order valence-corrected chi connectivity index (χ0v) is 13.1. The lowest BCUT2D eigenvalue weighted by atomic mass is 9.99. The first-order chi connectivity index (χ1) is 9.97. The van der Waals surface area contributed by atoms with Crippen LogP contribution in [0.4, 0.5) is 0 Å². The second kappa shape index (κ2) is 6.57. The molecule has 2 aromatic rings. The molecule has 2 rings (SSSR count). The van der Waals surface area contributed by atoms with E-state index in [-0.39, 0.29) is 11.9 Å². The Morgan fingerprint density at radius 1 is 1.05 bits per heavy atom. The molecule has 0 aliphatic rings. The molecule has 0 heterocycles. The molecule has 0 bridgehead atoms. The minimum absolute atomic E-state index is 0.0561. The summed E-state index contributed by atoms with van der Waals surface area (Å²) in [4.78, 5) is 12.5. The molecule has 0 N–H and O–H groups in total. The van der Waals surface area contributed by atoms with Crippen LogP contribution in [0.5, 0.6) is 5.75 Å². The van der Waals surface area contributed by atoms with Crippen molar-refractivity contribution in [2.24, 2.45) is 0 Å². The number of Topliss-reactive ketones (excluding diaryl/α,β-unsaturated/α-hetero) is 1. The third-order valence-corrected chi connectivity index (χ3v) is 3.49. The third kappa shape index (κ3) is 3.94. The highest BCUT2D eigenvalue weighted by atomic mass is 16.5. The number of carbonyl (C=O) groups is 1. The van der Waals surface area contributed by atoms with Crippen molar-refractivity contribution in [1.29, 1.82) is 0 Å². The number of ketones is 1. The minimum Gasteiger partial charge on any atom is -0.490 e. The van der Waals surface area contributed by atoms with Crippen molar-refractivity contribution < 1.29 is 9.53 Å². The summed E-state index contributed by atoms with van der Waals surface area (Å²) in [6, 6.07) is 13.6. The Bertz CT molecular complexity index is 642. The van der Waals surface area contributed by atoms with Crippen LogP contribution in [0.3, 0.4) is 0 Å². The first-order valence-electron chi connectivity index (χ1n) is 7.32. The van der Waals surface area contributed by atoms with Gasteiger partial charge in [0.05, 0.1) is 11.7 Å². The van der Waals surface area contributed by atoms with Crippen LogP contribution in [0.15, 0.2) is 42.5 Å². The molecule has 2 nitrogen and oxygen atoms in total. The van der Waals surface area contributed by atoms with Crippen LogP contribution in [0.1, 0.15) is 40.9 Å². The number of para-hydroxylation sites is 1. The van der Waals surface area contributed by atoms with Crippen molar-refractivity contribution in [3.8, 4) is 5.75 Å². The Hall–Kier alpha value is -2.09. The van der Waals surface area contributed by atoms with E-state index in [1.54, 1.807) is 0 Å². The molecule has 0 saturated heterocycles. The lowest BCUT2D eigenvalue weighted by Gasteiger charge is -2.13. The van der Waals surface area contributed by atoms with Crippen molar-refractivity contribution in [3.63, 3.8) is 0 Å². The number of hydrogen-bond acceptors (Lipinski definition) is 2. The first kappa shape index (κ1) is 15.3. The second-order valence-corrected chi connectivity index (χ2v) is 5.68. The Morgan fingerprint density at radius 3 is 2.43 bits per heavy atom. The maximum atomic E-state index is 12.5. The molecule has 0 aliphatic heterocycles. The highest BCUT2D eigenvalue weighted by Crippen LogP contribution is 2.22. The summed E-state index contributed by atoms with van der Waals surface area (Å²) in [6.07, 6.45) is 0.458. The summed E-state index contributed by atoms with van der Waals surface area (Å²) in [5.41, 5.74) is 4.16. The van der Waals surface area contributed by atoms with Crippen LogP contribution in [0.25, 0.3) is 0 Å². The van der Waals surface area contributed by atoms with Gasteiger partial charge in [-0.1, -0.05) is 30.3 Å². The smallest absolute Gasteiger partial charge is 0.170 e. The highest BCUT2D eigenvalue weighted by Gasteiger charge is 2.13. The Kier molecular flexibility index (Phi) is 4.79. The van der Waals surface area contributed by atoms with Gasteiger partial charge < -0.3 is 4.74 Å². The van der Waals surface area contributed by atoms with E-state index >= 15 is 0 Å². The van der Waals surface area contributed by atoms with E-state index in [1.165, 1.54) is 11.1 Å².